The summed E-state index contributed by atoms with van der Waals surface area (Å²) in [4.78, 5) is 30.1. The van der Waals surface area contributed by atoms with E-state index in [2.05, 4.69) is 15.6 Å². The first-order chi connectivity index (χ1) is 15.8. The van der Waals surface area contributed by atoms with Crippen molar-refractivity contribution in [2.24, 2.45) is 0 Å². The molecule has 0 aliphatic carbocycles. The zero-order valence-corrected chi connectivity index (χ0v) is 20.6. The number of hydrogen-bond acceptors (Lipinski definition) is 5. The Kier molecular flexibility index (Phi) is 8.36. The Balaban J connectivity index is 1.72. The third-order valence-electron chi connectivity index (χ3n) is 4.76. The van der Waals surface area contributed by atoms with E-state index in [-0.39, 0.29) is 17.6 Å². The van der Waals surface area contributed by atoms with Gasteiger partial charge in [0.25, 0.3) is 5.91 Å². The van der Waals surface area contributed by atoms with E-state index in [1.54, 1.807) is 36.4 Å². The van der Waals surface area contributed by atoms with Gasteiger partial charge in [-0.05, 0) is 81.3 Å². The summed E-state index contributed by atoms with van der Waals surface area (Å²) in [5, 5.41) is 6.83. The van der Waals surface area contributed by atoms with Gasteiger partial charge in [-0.1, -0.05) is 29.4 Å². The van der Waals surface area contributed by atoms with E-state index in [1.807, 2.05) is 39.8 Å². The summed E-state index contributed by atoms with van der Waals surface area (Å²) in [7, 11) is 0. The van der Waals surface area contributed by atoms with Crippen LogP contribution >= 0.6 is 23.4 Å². The quantitative estimate of drug-likeness (QED) is 0.381. The first kappa shape index (κ1) is 24.6. The van der Waals surface area contributed by atoms with Crippen molar-refractivity contribution in [1.82, 2.24) is 4.98 Å². The molecule has 0 fully saturated rings. The van der Waals surface area contributed by atoms with Crippen LogP contribution in [-0.4, -0.2) is 29.2 Å². The molecule has 2 amide bonds. The molecule has 0 aliphatic heterocycles. The smallest absolute Gasteiger partial charge is 0.258 e. The Morgan fingerprint density at radius 1 is 0.970 bits per heavy atom. The summed E-state index contributed by atoms with van der Waals surface area (Å²) >= 11 is 7.35. The van der Waals surface area contributed by atoms with Crippen LogP contribution in [0.3, 0.4) is 0 Å². The normalized spacial score (nSPS) is 10.6. The molecule has 0 atom stereocenters. The topological polar surface area (TPSA) is 80.3 Å². The number of anilines is 2. The molecule has 0 unspecified atom stereocenters. The molecule has 0 radical (unpaired) electrons. The highest BCUT2D eigenvalue weighted by atomic mass is 35.5. The number of pyridine rings is 1. The van der Waals surface area contributed by atoms with Gasteiger partial charge in [-0.25, -0.2) is 4.98 Å². The minimum atomic E-state index is -0.280. The van der Waals surface area contributed by atoms with E-state index < -0.39 is 0 Å². The van der Waals surface area contributed by atoms with Crippen molar-refractivity contribution in [3.05, 3.63) is 75.9 Å². The lowest BCUT2D eigenvalue weighted by atomic mass is 10.1. The molecule has 0 spiro atoms. The molecule has 0 saturated heterocycles. The molecule has 3 rings (SSSR count). The van der Waals surface area contributed by atoms with Crippen molar-refractivity contribution >= 4 is 46.6 Å². The molecular formula is C25H26ClN3O3S. The first-order valence-corrected chi connectivity index (χ1v) is 11.8. The van der Waals surface area contributed by atoms with Gasteiger partial charge in [0, 0.05) is 22.1 Å². The van der Waals surface area contributed by atoms with Crippen molar-refractivity contribution in [2.45, 2.75) is 32.7 Å². The van der Waals surface area contributed by atoms with Crippen molar-refractivity contribution in [3.63, 3.8) is 0 Å². The number of ether oxygens (including phenoxy) is 1. The maximum absolute atomic E-state index is 13.1. The van der Waals surface area contributed by atoms with E-state index in [0.29, 0.717) is 33.6 Å². The van der Waals surface area contributed by atoms with Crippen LogP contribution in [0.5, 0.6) is 5.75 Å². The van der Waals surface area contributed by atoms with Crippen LogP contribution in [0.15, 0.2) is 53.6 Å². The Hall–Kier alpha value is -3.03. The average molecular weight is 484 g/mol. The number of benzene rings is 2. The fraction of sp³-hybridized carbons (Fsp3) is 0.240. The highest BCUT2D eigenvalue weighted by molar-refractivity contribution is 8.00. The number of thioether (sulfide) groups is 1. The third kappa shape index (κ3) is 6.73. The lowest BCUT2D eigenvalue weighted by Crippen LogP contribution is -2.18. The molecule has 8 heteroatoms. The van der Waals surface area contributed by atoms with Crippen LogP contribution in [-0.2, 0) is 4.79 Å². The molecular weight excluding hydrogens is 458 g/mol. The summed E-state index contributed by atoms with van der Waals surface area (Å²) in [5.74, 6) is 0.349. The molecule has 0 bridgehead atoms. The van der Waals surface area contributed by atoms with Gasteiger partial charge in [-0.2, -0.15) is 0 Å². The van der Waals surface area contributed by atoms with Crippen LogP contribution in [0.25, 0.3) is 0 Å². The maximum Gasteiger partial charge on any atom is 0.258 e. The van der Waals surface area contributed by atoms with Crippen LogP contribution in [0.2, 0.25) is 5.02 Å². The second-order valence-corrected chi connectivity index (χ2v) is 8.84. The molecule has 3 aromatic rings. The van der Waals surface area contributed by atoms with Gasteiger partial charge in [0.2, 0.25) is 5.91 Å². The molecule has 2 N–H and O–H groups in total. The Morgan fingerprint density at radius 2 is 1.67 bits per heavy atom. The minimum absolute atomic E-state index is 0.102. The number of nitrogens with one attached hydrogen (secondary N) is 2. The first-order valence-electron chi connectivity index (χ1n) is 10.5. The predicted octanol–water partition coefficient (Wildman–Crippen LogP) is 6.04. The number of halogens is 1. The van der Waals surface area contributed by atoms with Gasteiger partial charge in [-0.3, -0.25) is 9.59 Å². The number of rotatable bonds is 8. The van der Waals surface area contributed by atoms with Crippen molar-refractivity contribution in [3.8, 4) is 5.75 Å². The molecule has 1 heterocycles. The van der Waals surface area contributed by atoms with Gasteiger partial charge >= 0.3 is 0 Å². The van der Waals surface area contributed by atoms with E-state index in [9.17, 15) is 9.59 Å². The summed E-state index contributed by atoms with van der Waals surface area (Å²) in [6, 6.07) is 14.4. The van der Waals surface area contributed by atoms with Crippen molar-refractivity contribution in [1.29, 1.82) is 0 Å². The number of hydrogen-bond donors (Lipinski definition) is 2. The number of aryl methyl sites for hydroxylation is 3. The SMILES string of the molecule is CCOc1ccc(NC(=O)c2c(C)cc(C)nc2SCC(=O)Nc2ccc(C)c(Cl)c2)cc1. The molecule has 0 aliphatic rings. The Labute approximate surface area is 203 Å². The van der Waals surface area contributed by atoms with E-state index in [0.717, 1.165) is 22.6 Å². The van der Waals surface area contributed by atoms with Crippen molar-refractivity contribution in [2.75, 3.05) is 23.0 Å². The van der Waals surface area contributed by atoms with Gasteiger partial charge in [-0.15, -0.1) is 0 Å². The summed E-state index contributed by atoms with van der Waals surface area (Å²) in [6.07, 6.45) is 0. The van der Waals surface area contributed by atoms with Crippen molar-refractivity contribution < 1.29 is 14.3 Å². The summed E-state index contributed by atoms with van der Waals surface area (Å²) in [5.41, 5.74) is 4.22. The van der Waals surface area contributed by atoms with Crippen LogP contribution in [0.4, 0.5) is 11.4 Å². The monoisotopic (exact) mass is 483 g/mol. The van der Waals surface area contributed by atoms with Crippen LogP contribution < -0.4 is 15.4 Å². The minimum Gasteiger partial charge on any atom is -0.494 e. The fourth-order valence-electron chi connectivity index (χ4n) is 3.18. The largest absolute Gasteiger partial charge is 0.494 e. The van der Waals surface area contributed by atoms with Crippen LogP contribution in [0.1, 0.15) is 34.1 Å². The molecule has 6 nitrogen and oxygen atoms in total. The number of amides is 2. The lowest BCUT2D eigenvalue weighted by molar-refractivity contribution is -0.113. The number of carbonyl (C=O) groups excluding carboxylic acids is 2. The standard InChI is InChI=1S/C25H26ClN3O3S/c1-5-32-20-10-8-18(9-11-20)29-24(31)23-16(3)12-17(4)27-25(23)33-14-22(30)28-19-7-6-15(2)21(26)13-19/h6-13H,5,14H2,1-4H3,(H,28,30)(H,29,31). The number of nitrogens with zero attached hydrogens (tertiary/aromatic N) is 1. The molecule has 172 valence electrons. The van der Waals surface area contributed by atoms with E-state index in [4.69, 9.17) is 16.3 Å². The van der Waals surface area contributed by atoms with Crippen LogP contribution in [0, 0.1) is 20.8 Å². The molecule has 1 aromatic heterocycles. The summed E-state index contributed by atoms with van der Waals surface area (Å²) < 4.78 is 5.44. The lowest BCUT2D eigenvalue weighted by Gasteiger charge is -2.14. The highest BCUT2D eigenvalue weighted by Gasteiger charge is 2.19. The van der Waals surface area contributed by atoms with E-state index >= 15 is 0 Å². The Bertz CT molecular complexity index is 1170. The predicted molar refractivity (Wildman–Crippen MR) is 135 cm³/mol. The zero-order chi connectivity index (χ0) is 24.0. The number of carbonyl (C=O) groups is 2. The third-order valence-corrected chi connectivity index (χ3v) is 6.14. The molecule has 2 aromatic carbocycles. The number of aromatic nitrogens is 1. The second-order valence-electron chi connectivity index (χ2n) is 7.47. The summed E-state index contributed by atoms with van der Waals surface area (Å²) in [6.45, 7) is 8.11. The molecule has 0 saturated carbocycles. The van der Waals surface area contributed by atoms with E-state index in [1.165, 1.54) is 11.8 Å². The zero-order valence-electron chi connectivity index (χ0n) is 19.0. The second kappa shape index (κ2) is 11.2. The average Bonchev–Trinajstić information content (AvgIpc) is 2.76. The van der Waals surface area contributed by atoms with Gasteiger partial charge in [0.05, 0.1) is 17.9 Å². The highest BCUT2D eigenvalue weighted by Crippen LogP contribution is 2.27. The molecule has 33 heavy (non-hydrogen) atoms. The fourth-order valence-corrected chi connectivity index (χ4v) is 4.31. The van der Waals surface area contributed by atoms with Gasteiger partial charge in [0.15, 0.2) is 0 Å². The maximum atomic E-state index is 13.1. The van der Waals surface area contributed by atoms with Gasteiger partial charge < -0.3 is 15.4 Å². The Morgan fingerprint density at radius 3 is 2.33 bits per heavy atom. The van der Waals surface area contributed by atoms with Gasteiger partial charge in [0.1, 0.15) is 10.8 Å².